The van der Waals surface area contributed by atoms with Crippen molar-refractivity contribution in [3.8, 4) is 0 Å². The Bertz CT molecular complexity index is 1370. The highest BCUT2D eigenvalue weighted by atomic mass is 16.8. The van der Waals surface area contributed by atoms with Gasteiger partial charge in [-0.1, -0.05) is 46.3 Å². The van der Waals surface area contributed by atoms with E-state index in [4.69, 9.17) is 18.9 Å². The van der Waals surface area contributed by atoms with Crippen molar-refractivity contribution in [2.24, 2.45) is 45.3 Å². The van der Waals surface area contributed by atoms with Crippen LogP contribution in [0.15, 0.2) is 11.6 Å². The second-order valence-electron chi connectivity index (χ2n) is 20.1. The average molecular weight is 785 g/mol. The number of aliphatic hydroxyl groups excluding tert-OH is 8. The number of hydrogen-bond acceptors (Lipinski definition) is 13. The number of rotatable bonds is 10. The normalized spacial score (nSPS) is 52.0. The molecule has 0 bridgehead atoms. The summed E-state index contributed by atoms with van der Waals surface area (Å²) in [6.07, 6.45) is -6.48. The maximum Gasteiger partial charge on any atom is 0.187 e. The predicted molar refractivity (Wildman–Crippen MR) is 201 cm³/mol. The fourth-order valence-electron chi connectivity index (χ4n) is 13.3. The van der Waals surface area contributed by atoms with E-state index in [0.717, 1.165) is 38.5 Å². The second-order valence-corrected chi connectivity index (χ2v) is 20.1. The Kier molecular flexibility index (Phi) is 12.5. The molecule has 0 aromatic heterocycles. The van der Waals surface area contributed by atoms with Crippen molar-refractivity contribution in [1.82, 2.24) is 0 Å². The summed E-state index contributed by atoms with van der Waals surface area (Å²) in [4.78, 5) is 0. The molecule has 6 aliphatic rings. The Morgan fingerprint density at radius 2 is 1.33 bits per heavy atom. The van der Waals surface area contributed by atoms with Gasteiger partial charge in [-0.05, 0) is 124 Å². The van der Waals surface area contributed by atoms with Gasteiger partial charge >= 0.3 is 0 Å². The van der Waals surface area contributed by atoms with E-state index in [1.165, 1.54) is 5.57 Å². The summed E-state index contributed by atoms with van der Waals surface area (Å²) in [7, 11) is 0. The van der Waals surface area contributed by atoms with Gasteiger partial charge in [-0.25, -0.2) is 0 Å². The van der Waals surface area contributed by atoms with Crippen LogP contribution in [0.25, 0.3) is 0 Å². The van der Waals surface area contributed by atoms with E-state index < -0.39 is 97.8 Å². The van der Waals surface area contributed by atoms with Crippen molar-refractivity contribution in [2.75, 3.05) is 13.2 Å². The summed E-state index contributed by atoms with van der Waals surface area (Å²) in [5, 5.41) is 97.4. The SMILES string of the molecule is CC(C)=CCCC(C)(O)C1CC[C@]2(C)C1[C@H](O)C[C@@H]1[C@@]3(C)CC[C@H](O[C@@H]4O[C@H](CO)[C@@H](O)[C@H](O)[C@H]4O[C@@H]4O[C@H](CO)[C@@H](O)[C@H](O)[C@H]4O)C(C)(C)C3CC[C@]12C. The van der Waals surface area contributed by atoms with Gasteiger partial charge < -0.3 is 64.9 Å². The van der Waals surface area contributed by atoms with E-state index >= 15 is 0 Å². The quantitative estimate of drug-likeness (QED) is 0.115. The fraction of sp³-hybridized carbons (Fsp3) is 0.952. The van der Waals surface area contributed by atoms with E-state index in [0.29, 0.717) is 19.3 Å². The van der Waals surface area contributed by atoms with Crippen LogP contribution in [0.5, 0.6) is 0 Å². The number of hydrogen-bond donors (Lipinski definition) is 9. The first kappa shape index (κ1) is 43.8. The second kappa shape index (κ2) is 15.7. The Morgan fingerprint density at radius 3 is 1.95 bits per heavy atom. The summed E-state index contributed by atoms with van der Waals surface area (Å²) < 4.78 is 24.4. The third-order valence-corrected chi connectivity index (χ3v) is 16.6. The Balaban J connectivity index is 1.23. The lowest BCUT2D eigenvalue weighted by molar-refractivity contribution is -0.378. The molecule has 2 aliphatic heterocycles. The van der Waals surface area contributed by atoms with Crippen LogP contribution < -0.4 is 0 Å². The van der Waals surface area contributed by atoms with Crippen LogP contribution in [0.1, 0.15) is 113 Å². The van der Waals surface area contributed by atoms with E-state index in [1.807, 2.05) is 6.92 Å². The molecule has 0 radical (unpaired) electrons. The van der Waals surface area contributed by atoms with Crippen LogP contribution in [0.3, 0.4) is 0 Å². The van der Waals surface area contributed by atoms with E-state index in [1.54, 1.807) is 0 Å². The van der Waals surface area contributed by atoms with E-state index in [2.05, 4.69) is 54.5 Å². The van der Waals surface area contributed by atoms with Gasteiger partial charge in [-0.3, -0.25) is 0 Å². The molecule has 13 nitrogen and oxygen atoms in total. The zero-order chi connectivity index (χ0) is 40.6. The van der Waals surface area contributed by atoms with Crippen LogP contribution in [0.2, 0.25) is 0 Å². The summed E-state index contributed by atoms with van der Waals surface area (Å²) >= 11 is 0. The van der Waals surface area contributed by atoms with Crippen LogP contribution in [0, 0.1) is 45.3 Å². The molecule has 0 aromatic carbocycles. The molecule has 2 heterocycles. The van der Waals surface area contributed by atoms with Gasteiger partial charge in [0.1, 0.15) is 48.8 Å². The first-order valence-electron chi connectivity index (χ1n) is 20.9. The lowest BCUT2D eigenvalue weighted by atomic mass is 9.35. The third-order valence-electron chi connectivity index (χ3n) is 16.6. The zero-order valence-electron chi connectivity index (χ0n) is 34.3. The van der Waals surface area contributed by atoms with Crippen molar-refractivity contribution in [1.29, 1.82) is 0 Å². The molecule has 0 amide bonds. The molecule has 4 aliphatic carbocycles. The minimum atomic E-state index is -1.75. The lowest BCUT2D eigenvalue weighted by Crippen LogP contribution is -2.68. The number of allylic oxidation sites excluding steroid dienone is 2. The van der Waals surface area contributed by atoms with Gasteiger partial charge in [0.15, 0.2) is 12.6 Å². The van der Waals surface area contributed by atoms with Crippen LogP contribution in [-0.2, 0) is 18.9 Å². The van der Waals surface area contributed by atoms with E-state index in [-0.39, 0.29) is 39.9 Å². The molecule has 4 unspecified atom stereocenters. The van der Waals surface area contributed by atoms with Crippen molar-refractivity contribution < 1.29 is 64.9 Å². The highest BCUT2D eigenvalue weighted by Crippen LogP contribution is 2.76. The van der Waals surface area contributed by atoms with Crippen LogP contribution in [0.4, 0.5) is 0 Å². The maximum absolute atomic E-state index is 12.2. The van der Waals surface area contributed by atoms with E-state index in [9.17, 15) is 46.0 Å². The van der Waals surface area contributed by atoms with Gasteiger partial charge in [-0.2, -0.15) is 0 Å². The fourth-order valence-corrected chi connectivity index (χ4v) is 13.3. The number of aliphatic hydroxyl groups is 9. The van der Waals surface area contributed by atoms with Crippen LogP contribution in [-0.4, -0.2) is 138 Å². The average Bonchev–Trinajstić information content (AvgIpc) is 3.50. The van der Waals surface area contributed by atoms with Gasteiger partial charge in [0, 0.05) is 0 Å². The molecular formula is C42H72O13. The minimum absolute atomic E-state index is 0.00798. The molecule has 4 saturated carbocycles. The largest absolute Gasteiger partial charge is 0.394 e. The molecule has 20 atom stereocenters. The monoisotopic (exact) mass is 784 g/mol. The Labute approximate surface area is 327 Å². The smallest absolute Gasteiger partial charge is 0.187 e. The van der Waals surface area contributed by atoms with Gasteiger partial charge in [0.2, 0.25) is 0 Å². The zero-order valence-corrected chi connectivity index (χ0v) is 34.3. The third kappa shape index (κ3) is 7.20. The van der Waals surface area contributed by atoms with Crippen molar-refractivity contribution in [3.05, 3.63) is 11.6 Å². The maximum atomic E-state index is 12.2. The van der Waals surface area contributed by atoms with Gasteiger partial charge in [0.05, 0.1) is 31.0 Å². The molecule has 0 spiro atoms. The molecule has 6 rings (SSSR count). The molecule has 13 heteroatoms. The van der Waals surface area contributed by atoms with Crippen LogP contribution >= 0.6 is 0 Å². The highest BCUT2D eigenvalue weighted by molar-refractivity contribution is 5.20. The molecule has 0 aromatic rings. The first-order valence-corrected chi connectivity index (χ1v) is 20.9. The summed E-state index contributed by atoms with van der Waals surface area (Å²) in [6.45, 7) is 16.5. The minimum Gasteiger partial charge on any atom is -0.394 e. The van der Waals surface area contributed by atoms with Crippen molar-refractivity contribution in [3.63, 3.8) is 0 Å². The number of fused-ring (bicyclic) bond motifs is 5. The molecule has 9 N–H and O–H groups in total. The van der Waals surface area contributed by atoms with Gasteiger partial charge in [0.25, 0.3) is 0 Å². The first-order chi connectivity index (χ1) is 25.6. The summed E-state index contributed by atoms with van der Waals surface area (Å²) in [5.74, 6) is 0.445. The van der Waals surface area contributed by atoms with Crippen molar-refractivity contribution >= 4 is 0 Å². The molecule has 318 valence electrons. The topological polar surface area (TPSA) is 219 Å². The Morgan fingerprint density at radius 1 is 0.727 bits per heavy atom. The summed E-state index contributed by atoms with van der Waals surface area (Å²) in [5.41, 5.74) is -0.405. The molecule has 55 heavy (non-hydrogen) atoms. The Hall–Kier alpha value is -0.780. The van der Waals surface area contributed by atoms with Gasteiger partial charge in [-0.15, -0.1) is 0 Å². The molecule has 2 saturated heterocycles. The summed E-state index contributed by atoms with van der Waals surface area (Å²) in [6, 6.07) is 0. The van der Waals surface area contributed by atoms with Crippen molar-refractivity contribution in [2.45, 2.75) is 192 Å². The standard InChI is InChI=1S/C42H72O13/c1-21(2)10-9-14-42(8,51)22-11-16-41(7)29(22)23(45)18-27-39(5)15-13-28(38(3,4)26(39)12-17-40(27,41)6)54-37-35(33(49)31(47)25(20-44)53-37)55-36-34(50)32(48)30(46)24(19-43)52-36/h10,22-37,43-51H,9,11-20H2,1-8H3/t22?,23-,24-,25-,26?,27-,28+,29?,30-,31-,32+,33+,34-,35-,36+,37+,39+,40-,41-,42?/m1/s1. The molecule has 6 fully saturated rings. The number of ether oxygens (including phenoxy) is 4. The lowest BCUT2D eigenvalue weighted by Gasteiger charge is -2.70. The molecular weight excluding hydrogens is 712 g/mol. The predicted octanol–water partition coefficient (Wildman–Crippen LogP) is 2.15. The highest BCUT2D eigenvalue weighted by Gasteiger charge is 2.71.